The zero-order valence-corrected chi connectivity index (χ0v) is 15.9. The van der Waals surface area contributed by atoms with E-state index in [1.165, 1.54) is 6.08 Å². The van der Waals surface area contributed by atoms with Gasteiger partial charge in [0.1, 0.15) is 12.2 Å². The lowest BCUT2D eigenvalue weighted by atomic mass is 10.2. The molecular weight excluding hydrogens is 374 g/mol. The Labute approximate surface area is 150 Å². The lowest BCUT2D eigenvalue weighted by Gasteiger charge is -2.27. The molecular formula is C18H22BrNO4. The number of esters is 1. The summed E-state index contributed by atoms with van der Waals surface area (Å²) in [6.45, 7) is 8.57. The average Bonchev–Trinajstić information content (AvgIpc) is 2.93. The van der Waals surface area contributed by atoms with Crippen molar-refractivity contribution in [2.24, 2.45) is 0 Å². The molecule has 130 valence electrons. The van der Waals surface area contributed by atoms with Crippen LogP contribution >= 0.6 is 15.9 Å². The Morgan fingerprint density at radius 2 is 2.21 bits per heavy atom. The van der Waals surface area contributed by atoms with Gasteiger partial charge in [-0.25, -0.2) is 4.79 Å². The third-order valence-electron chi connectivity index (χ3n) is 4.10. The summed E-state index contributed by atoms with van der Waals surface area (Å²) in [6, 6.07) is 6.13. The molecule has 2 aliphatic rings. The number of hydrogen-bond acceptors (Lipinski definition) is 5. The highest BCUT2D eigenvalue weighted by atomic mass is 79.9. The van der Waals surface area contributed by atoms with Gasteiger partial charge in [-0.2, -0.15) is 0 Å². The van der Waals surface area contributed by atoms with Gasteiger partial charge in [0.15, 0.2) is 5.79 Å². The molecule has 0 aromatic heterocycles. The fourth-order valence-electron chi connectivity index (χ4n) is 3.19. The summed E-state index contributed by atoms with van der Waals surface area (Å²) in [4.78, 5) is 14.1. The zero-order chi connectivity index (χ0) is 17.5. The molecule has 2 saturated heterocycles. The molecule has 1 aromatic carbocycles. The second-order valence-corrected chi connectivity index (χ2v) is 7.34. The molecule has 24 heavy (non-hydrogen) atoms. The molecule has 0 amide bonds. The molecule has 0 aliphatic carbocycles. The number of rotatable bonds is 3. The van der Waals surface area contributed by atoms with Gasteiger partial charge in [-0.05, 0) is 61.3 Å². The first-order valence-corrected chi connectivity index (χ1v) is 8.87. The van der Waals surface area contributed by atoms with E-state index in [2.05, 4.69) is 26.9 Å². The third-order valence-corrected chi connectivity index (χ3v) is 4.73. The molecule has 6 heteroatoms. The minimum atomic E-state index is -0.653. The maximum Gasteiger partial charge on any atom is 0.332 e. The second-order valence-electron chi connectivity index (χ2n) is 6.48. The quantitative estimate of drug-likeness (QED) is 0.578. The number of benzene rings is 1. The molecule has 0 N–H and O–H groups in total. The molecule has 5 nitrogen and oxygen atoms in total. The van der Waals surface area contributed by atoms with Crippen molar-refractivity contribution in [3.8, 4) is 0 Å². The molecule has 0 saturated carbocycles. The maximum absolute atomic E-state index is 12.0. The van der Waals surface area contributed by atoms with E-state index in [1.54, 1.807) is 6.92 Å². The minimum Gasteiger partial charge on any atom is -0.463 e. The molecule has 0 bridgehead atoms. The Bertz CT molecular complexity index is 686. The van der Waals surface area contributed by atoms with Crippen LogP contribution in [0.5, 0.6) is 0 Å². The van der Waals surface area contributed by atoms with Gasteiger partial charge < -0.3 is 19.1 Å². The molecule has 1 aromatic rings. The van der Waals surface area contributed by atoms with Crippen LogP contribution in [0.3, 0.4) is 0 Å². The van der Waals surface area contributed by atoms with Crippen molar-refractivity contribution < 1.29 is 19.0 Å². The predicted molar refractivity (Wildman–Crippen MR) is 94.8 cm³/mol. The van der Waals surface area contributed by atoms with Crippen molar-refractivity contribution in [2.45, 2.75) is 45.7 Å². The van der Waals surface area contributed by atoms with E-state index in [4.69, 9.17) is 14.2 Å². The Morgan fingerprint density at radius 1 is 1.46 bits per heavy atom. The summed E-state index contributed by atoms with van der Waals surface area (Å²) in [6.07, 6.45) is 1.12. The van der Waals surface area contributed by atoms with Crippen molar-refractivity contribution in [3.63, 3.8) is 0 Å². The van der Waals surface area contributed by atoms with Crippen molar-refractivity contribution in [3.05, 3.63) is 40.0 Å². The number of nitrogens with zero attached hydrogens (tertiary/aromatic N) is 1. The van der Waals surface area contributed by atoms with Crippen molar-refractivity contribution in [1.82, 2.24) is 0 Å². The molecule has 2 atom stereocenters. The summed E-state index contributed by atoms with van der Waals surface area (Å²) in [5.74, 6) is -1.02. The van der Waals surface area contributed by atoms with Crippen LogP contribution in [0.2, 0.25) is 0 Å². The maximum atomic E-state index is 12.0. The van der Waals surface area contributed by atoms with Crippen LogP contribution < -0.4 is 4.90 Å². The van der Waals surface area contributed by atoms with Crippen LogP contribution in [0, 0.1) is 6.92 Å². The van der Waals surface area contributed by atoms with E-state index >= 15 is 0 Å². The zero-order valence-electron chi connectivity index (χ0n) is 14.3. The number of carbonyl (C=O) groups excluding carboxylic acids is 1. The van der Waals surface area contributed by atoms with Gasteiger partial charge in [0.2, 0.25) is 0 Å². The highest BCUT2D eigenvalue weighted by Gasteiger charge is 2.50. The molecule has 2 fully saturated rings. The van der Waals surface area contributed by atoms with Crippen LogP contribution in [0.15, 0.2) is 34.4 Å². The number of anilines is 1. The number of carbonyl (C=O) groups is 1. The topological polar surface area (TPSA) is 48.0 Å². The van der Waals surface area contributed by atoms with Gasteiger partial charge in [-0.1, -0.05) is 6.07 Å². The van der Waals surface area contributed by atoms with Crippen LogP contribution in [0.4, 0.5) is 5.69 Å². The number of halogens is 1. The van der Waals surface area contributed by atoms with Crippen LogP contribution in [0.25, 0.3) is 0 Å². The average molecular weight is 396 g/mol. The Hall–Kier alpha value is -1.37. The minimum absolute atomic E-state index is 0.117. The molecule has 3 rings (SSSR count). The summed E-state index contributed by atoms with van der Waals surface area (Å²) in [7, 11) is 0. The van der Waals surface area contributed by atoms with Crippen LogP contribution in [0.1, 0.15) is 26.3 Å². The highest BCUT2D eigenvalue weighted by Crippen LogP contribution is 2.42. The fourth-order valence-corrected chi connectivity index (χ4v) is 3.90. The standard InChI is InChI=1S/C18H22BrNO4/c1-5-22-16(21)9-14-17-15(23-18(3,4)24-17)10-20(14)13-7-6-11(2)8-12(13)19/h6-9,15,17H,5,10H2,1-4H3/b14-9+/t15-,17+/m1/s1. The lowest BCUT2D eigenvalue weighted by molar-refractivity contribution is -0.146. The van der Waals surface area contributed by atoms with E-state index < -0.39 is 5.79 Å². The largest absolute Gasteiger partial charge is 0.463 e. The number of aryl methyl sites for hydroxylation is 1. The number of ether oxygens (including phenoxy) is 3. The molecule has 2 aliphatic heterocycles. The van der Waals surface area contributed by atoms with Gasteiger partial charge in [-0.3, -0.25) is 0 Å². The first kappa shape index (κ1) is 17.5. The van der Waals surface area contributed by atoms with Gasteiger partial charge in [0, 0.05) is 10.5 Å². The Kier molecular flexibility index (Phi) is 4.73. The van der Waals surface area contributed by atoms with Crippen LogP contribution in [-0.2, 0) is 19.0 Å². The third kappa shape index (κ3) is 3.36. The van der Waals surface area contributed by atoms with Crippen molar-refractivity contribution in [2.75, 3.05) is 18.1 Å². The molecule has 2 heterocycles. The van der Waals surface area contributed by atoms with Crippen molar-refractivity contribution in [1.29, 1.82) is 0 Å². The van der Waals surface area contributed by atoms with Gasteiger partial charge in [-0.15, -0.1) is 0 Å². The number of hydrogen-bond donors (Lipinski definition) is 0. The van der Waals surface area contributed by atoms with E-state index in [0.717, 1.165) is 21.4 Å². The number of fused-ring (bicyclic) bond motifs is 1. The Morgan fingerprint density at radius 3 is 2.88 bits per heavy atom. The van der Waals surface area contributed by atoms with E-state index in [1.807, 2.05) is 32.9 Å². The monoisotopic (exact) mass is 395 g/mol. The van der Waals surface area contributed by atoms with E-state index in [-0.39, 0.29) is 18.2 Å². The van der Waals surface area contributed by atoms with E-state index in [0.29, 0.717) is 13.2 Å². The fraction of sp³-hybridized carbons (Fsp3) is 0.500. The Balaban J connectivity index is 1.98. The predicted octanol–water partition coefficient (Wildman–Crippen LogP) is 3.54. The SMILES string of the molecule is CCOC(=O)/C=C1\[C@@H]2OC(C)(C)O[C@@H]2CN1c1ccc(C)cc1Br. The van der Waals surface area contributed by atoms with Crippen molar-refractivity contribution >= 4 is 27.6 Å². The normalized spacial score (nSPS) is 26.7. The summed E-state index contributed by atoms with van der Waals surface area (Å²) in [5.41, 5.74) is 2.92. The second kappa shape index (κ2) is 6.50. The van der Waals surface area contributed by atoms with Gasteiger partial charge >= 0.3 is 5.97 Å². The van der Waals surface area contributed by atoms with E-state index in [9.17, 15) is 4.79 Å². The van der Waals surface area contributed by atoms with Gasteiger partial charge in [0.05, 0.1) is 24.5 Å². The van der Waals surface area contributed by atoms with Crippen LogP contribution in [-0.4, -0.2) is 37.1 Å². The smallest absolute Gasteiger partial charge is 0.332 e. The van der Waals surface area contributed by atoms with Gasteiger partial charge in [0.25, 0.3) is 0 Å². The summed E-state index contributed by atoms with van der Waals surface area (Å²) in [5, 5.41) is 0. The summed E-state index contributed by atoms with van der Waals surface area (Å²) >= 11 is 3.62. The first-order valence-electron chi connectivity index (χ1n) is 8.08. The lowest BCUT2D eigenvalue weighted by Crippen LogP contribution is -2.29. The first-order chi connectivity index (χ1) is 11.3. The summed E-state index contributed by atoms with van der Waals surface area (Å²) < 4.78 is 18.1. The highest BCUT2D eigenvalue weighted by molar-refractivity contribution is 9.10. The molecule has 0 unspecified atom stereocenters. The molecule has 0 spiro atoms. The molecule has 0 radical (unpaired) electrons.